The smallest absolute Gasteiger partial charge is 0.134 e. The molecule has 0 atom stereocenters. The van der Waals surface area contributed by atoms with E-state index in [1.165, 1.54) is 18.2 Å². The van der Waals surface area contributed by atoms with E-state index >= 15 is 0 Å². The van der Waals surface area contributed by atoms with Crippen molar-refractivity contribution < 1.29 is 13.5 Å². The number of hydrogen-bond donors (Lipinski definition) is 0. The van der Waals surface area contributed by atoms with Crippen LogP contribution < -0.4 is 4.74 Å². The average Bonchev–Trinajstić information content (AvgIpc) is 2.39. The van der Waals surface area contributed by atoms with Crippen molar-refractivity contribution in [3.8, 4) is 5.75 Å². The van der Waals surface area contributed by atoms with Crippen molar-refractivity contribution in [2.75, 3.05) is 0 Å². The van der Waals surface area contributed by atoms with Crippen LogP contribution in [0.3, 0.4) is 0 Å². The highest BCUT2D eigenvalue weighted by Gasteiger charge is 2.10. The molecule has 0 radical (unpaired) electrons. The number of halogens is 4. The minimum atomic E-state index is -0.604. The van der Waals surface area contributed by atoms with E-state index < -0.39 is 11.6 Å². The van der Waals surface area contributed by atoms with E-state index in [0.29, 0.717) is 5.75 Å². The first-order valence-corrected chi connectivity index (χ1v) is 7.43. The molecule has 0 unspecified atom stereocenters. The molecule has 1 nitrogen and oxygen atoms in total. The topological polar surface area (TPSA) is 9.23 Å². The second-order valence-corrected chi connectivity index (χ2v) is 5.30. The predicted molar refractivity (Wildman–Crippen MR) is 77.5 cm³/mol. The molecule has 0 fully saturated rings. The minimum absolute atomic E-state index is 0.0704. The van der Waals surface area contributed by atoms with E-state index in [-0.39, 0.29) is 12.2 Å². The van der Waals surface area contributed by atoms with Gasteiger partial charge < -0.3 is 4.74 Å². The molecule has 0 spiro atoms. The Hall–Kier alpha value is -0.940. The quantitative estimate of drug-likeness (QED) is 0.650. The van der Waals surface area contributed by atoms with Crippen molar-refractivity contribution >= 4 is 31.9 Å². The Morgan fingerprint density at radius 2 is 1.74 bits per heavy atom. The third-order valence-corrected chi connectivity index (χ3v) is 3.85. The van der Waals surface area contributed by atoms with Crippen molar-refractivity contribution in [3.63, 3.8) is 0 Å². The van der Waals surface area contributed by atoms with Crippen LogP contribution in [-0.4, -0.2) is 0 Å². The lowest BCUT2D eigenvalue weighted by Crippen LogP contribution is -2.02. The van der Waals surface area contributed by atoms with Gasteiger partial charge in [-0.05, 0) is 45.8 Å². The normalized spacial score (nSPS) is 10.5. The second kappa shape index (κ2) is 6.48. The molecule has 0 saturated heterocycles. The Kier molecular flexibility index (Phi) is 4.93. The lowest BCUT2D eigenvalue weighted by atomic mass is 10.2. The van der Waals surface area contributed by atoms with Gasteiger partial charge in [-0.3, -0.25) is 0 Å². The Labute approximate surface area is 126 Å². The Morgan fingerprint density at radius 3 is 2.32 bits per heavy atom. The second-order valence-electron chi connectivity index (χ2n) is 3.89. The van der Waals surface area contributed by atoms with Crippen LogP contribution in [0, 0.1) is 11.6 Å². The fraction of sp³-hybridized carbons (Fsp3) is 0.143. The van der Waals surface area contributed by atoms with Crippen LogP contribution in [0.5, 0.6) is 5.75 Å². The Morgan fingerprint density at radius 1 is 1.05 bits per heavy atom. The monoisotopic (exact) mass is 390 g/mol. The number of rotatable bonds is 4. The van der Waals surface area contributed by atoms with Crippen LogP contribution >= 0.6 is 31.9 Å². The van der Waals surface area contributed by atoms with E-state index in [0.717, 1.165) is 15.4 Å². The van der Waals surface area contributed by atoms with E-state index in [1.807, 2.05) is 12.1 Å². The highest BCUT2D eigenvalue weighted by atomic mass is 79.9. The van der Waals surface area contributed by atoms with Crippen LogP contribution in [0.25, 0.3) is 0 Å². The zero-order chi connectivity index (χ0) is 13.8. The molecule has 0 aliphatic heterocycles. The van der Waals surface area contributed by atoms with Crippen LogP contribution in [0.1, 0.15) is 11.1 Å². The van der Waals surface area contributed by atoms with Gasteiger partial charge in [0.15, 0.2) is 0 Å². The molecule has 0 aliphatic carbocycles. The summed E-state index contributed by atoms with van der Waals surface area (Å²) in [5.74, 6) is -0.659. The molecule has 0 bridgehead atoms. The first-order chi connectivity index (χ1) is 9.11. The van der Waals surface area contributed by atoms with Gasteiger partial charge >= 0.3 is 0 Å². The first-order valence-electron chi connectivity index (χ1n) is 5.52. The van der Waals surface area contributed by atoms with Crippen LogP contribution in [0.15, 0.2) is 40.9 Å². The molecule has 5 heteroatoms. The van der Waals surface area contributed by atoms with Crippen molar-refractivity contribution in [3.05, 3.63) is 63.6 Å². The van der Waals surface area contributed by atoms with Gasteiger partial charge in [-0.15, -0.1) is 0 Å². The first kappa shape index (κ1) is 14.5. The molecular weight excluding hydrogens is 382 g/mol. The standard InChI is InChI=1S/C14H10Br2F2O/c15-7-9-4-5-14(11(16)6-9)19-8-10-12(17)2-1-3-13(10)18/h1-6H,7-8H2. The van der Waals surface area contributed by atoms with E-state index in [4.69, 9.17) is 4.74 Å². The van der Waals surface area contributed by atoms with E-state index in [2.05, 4.69) is 31.9 Å². The maximum Gasteiger partial charge on any atom is 0.134 e. The lowest BCUT2D eigenvalue weighted by Gasteiger charge is -2.10. The van der Waals surface area contributed by atoms with Crippen molar-refractivity contribution in [1.82, 2.24) is 0 Å². The summed E-state index contributed by atoms with van der Waals surface area (Å²) in [4.78, 5) is 0. The van der Waals surface area contributed by atoms with Gasteiger partial charge in [0.1, 0.15) is 24.0 Å². The van der Waals surface area contributed by atoms with Crippen molar-refractivity contribution in [2.45, 2.75) is 11.9 Å². The molecule has 2 aromatic rings. The maximum absolute atomic E-state index is 13.4. The molecule has 0 aliphatic rings. The fourth-order valence-electron chi connectivity index (χ4n) is 1.56. The van der Waals surface area contributed by atoms with Gasteiger partial charge in [-0.2, -0.15) is 0 Å². The maximum atomic E-state index is 13.4. The molecule has 0 N–H and O–H groups in total. The average molecular weight is 392 g/mol. The summed E-state index contributed by atoms with van der Waals surface area (Å²) >= 11 is 6.72. The molecule has 0 aromatic heterocycles. The third kappa shape index (κ3) is 3.54. The van der Waals surface area contributed by atoms with Crippen LogP contribution in [0.2, 0.25) is 0 Å². The zero-order valence-corrected chi connectivity index (χ0v) is 13.0. The summed E-state index contributed by atoms with van der Waals surface area (Å²) < 4.78 is 33.1. The molecule has 100 valence electrons. The summed E-state index contributed by atoms with van der Waals surface area (Å²) in [6.45, 7) is -0.148. The number of ether oxygens (including phenoxy) is 1. The third-order valence-electron chi connectivity index (χ3n) is 2.58. The Bertz CT molecular complexity index is 567. The van der Waals surface area contributed by atoms with Gasteiger partial charge in [0.25, 0.3) is 0 Å². The molecule has 2 aromatic carbocycles. The number of benzene rings is 2. The molecule has 0 saturated carbocycles. The molecule has 0 amide bonds. The summed E-state index contributed by atoms with van der Waals surface area (Å²) in [6.07, 6.45) is 0. The van der Waals surface area contributed by atoms with Gasteiger partial charge in [0, 0.05) is 5.33 Å². The van der Waals surface area contributed by atoms with Crippen molar-refractivity contribution in [1.29, 1.82) is 0 Å². The lowest BCUT2D eigenvalue weighted by molar-refractivity contribution is 0.290. The summed E-state index contributed by atoms with van der Waals surface area (Å²) in [5.41, 5.74) is 1.01. The largest absolute Gasteiger partial charge is 0.488 e. The van der Waals surface area contributed by atoms with Gasteiger partial charge in [-0.1, -0.05) is 28.1 Å². The fourth-order valence-corrected chi connectivity index (χ4v) is 2.45. The van der Waals surface area contributed by atoms with Gasteiger partial charge in [0.2, 0.25) is 0 Å². The Balaban J connectivity index is 2.15. The molecule has 2 rings (SSSR count). The van der Waals surface area contributed by atoms with Gasteiger partial charge in [0.05, 0.1) is 10.0 Å². The van der Waals surface area contributed by atoms with Crippen LogP contribution in [-0.2, 0) is 11.9 Å². The molecule has 0 heterocycles. The van der Waals surface area contributed by atoms with Crippen molar-refractivity contribution in [2.24, 2.45) is 0 Å². The molecular formula is C14H10Br2F2O. The van der Waals surface area contributed by atoms with E-state index in [1.54, 1.807) is 6.07 Å². The highest BCUT2D eigenvalue weighted by Crippen LogP contribution is 2.28. The van der Waals surface area contributed by atoms with Gasteiger partial charge in [-0.25, -0.2) is 8.78 Å². The number of alkyl halides is 1. The zero-order valence-electron chi connectivity index (χ0n) is 9.80. The number of hydrogen-bond acceptors (Lipinski definition) is 1. The summed E-state index contributed by atoms with van der Waals surface area (Å²) in [5, 5.41) is 0.730. The summed E-state index contributed by atoms with van der Waals surface area (Å²) in [6, 6.07) is 9.29. The predicted octanol–water partition coefficient (Wildman–Crippen LogP) is 5.20. The summed E-state index contributed by atoms with van der Waals surface area (Å²) in [7, 11) is 0. The van der Waals surface area contributed by atoms with Crippen LogP contribution in [0.4, 0.5) is 8.78 Å². The van der Waals surface area contributed by atoms with E-state index in [9.17, 15) is 8.78 Å². The molecule has 19 heavy (non-hydrogen) atoms. The minimum Gasteiger partial charge on any atom is -0.488 e. The SMILES string of the molecule is Fc1cccc(F)c1COc1ccc(CBr)cc1Br. The highest BCUT2D eigenvalue weighted by molar-refractivity contribution is 9.10.